The summed E-state index contributed by atoms with van der Waals surface area (Å²) in [4.78, 5) is 15.7. The van der Waals surface area contributed by atoms with Gasteiger partial charge in [0.05, 0.1) is 11.4 Å². The van der Waals surface area contributed by atoms with Crippen molar-refractivity contribution in [3.05, 3.63) is 60.2 Å². The number of aryl methyl sites for hydroxylation is 1. The van der Waals surface area contributed by atoms with E-state index < -0.39 is 16.1 Å². The number of carbonyl (C=O) groups excluding carboxylic acids is 1. The summed E-state index contributed by atoms with van der Waals surface area (Å²) in [7, 11) is -3.95. The summed E-state index contributed by atoms with van der Waals surface area (Å²) in [6.07, 6.45) is 3.17. The lowest BCUT2D eigenvalue weighted by molar-refractivity contribution is 0.244. The maximum absolute atomic E-state index is 12.1. The summed E-state index contributed by atoms with van der Waals surface area (Å²) >= 11 is 0. The number of nitrogens with zero attached hydrogens (tertiary/aromatic N) is 3. The van der Waals surface area contributed by atoms with Crippen molar-refractivity contribution in [2.75, 3.05) is 0 Å². The highest BCUT2D eigenvalue weighted by Crippen LogP contribution is 2.16. The highest BCUT2D eigenvalue weighted by atomic mass is 32.2. The number of carbonyl (C=O) groups is 1. The van der Waals surface area contributed by atoms with Crippen molar-refractivity contribution >= 4 is 16.1 Å². The lowest BCUT2D eigenvalue weighted by atomic mass is 10.2. The molecule has 2 amide bonds. The van der Waals surface area contributed by atoms with Crippen LogP contribution in [0.25, 0.3) is 11.5 Å². The molecule has 134 valence electrons. The Kier molecular flexibility index (Phi) is 4.94. The third kappa shape index (κ3) is 4.22. The first-order chi connectivity index (χ1) is 12.4. The molecule has 0 unspecified atom stereocenters. The predicted octanol–water partition coefficient (Wildman–Crippen LogP) is 1.63. The van der Waals surface area contributed by atoms with Crippen LogP contribution >= 0.6 is 0 Å². The minimum Gasteiger partial charge on any atom is -0.419 e. The van der Waals surface area contributed by atoms with E-state index in [0.717, 1.165) is 5.56 Å². The van der Waals surface area contributed by atoms with Gasteiger partial charge >= 0.3 is 6.03 Å². The molecule has 10 heteroatoms. The quantitative estimate of drug-likeness (QED) is 0.696. The van der Waals surface area contributed by atoms with Crippen LogP contribution in [0.2, 0.25) is 0 Å². The standard InChI is InChI=1S/C16H15N5O4S/c1-11-2-4-13(5-3-11)26(23,24)21-16(22)18-10-14-19-20-15(25-14)12-6-8-17-9-7-12/h2-9H,10H2,1H3,(H2,18,21,22). The summed E-state index contributed by atoms with van der Waals surface area (Å²) in [6, 6.07) is 8.64. The van der Waals surface area contributed by atoms with Crippen molar-refractivity contribution in [1.29, 1.82) is 0 Å². The van der Waals surface area contributed by atoms with Crippen LogP contribution in [0.3, 0.4) is 0 Å². The molecule has 0 spiro atoms. The average Bonchev–Trinajstić information content (AvgIpc) is 3.10. The molecule has 0 saturated carbocycles. The highest BCUT2D eigenvalue weighted by Gasteiger charge is 2.18. The number of pyridine rings is 1. The van der Waals surface area contributed by atoms with Gasteiger partial charge in [0.1, 0.15) is 0 Å². The van der Waals surface area contributed by atoms with E-state index in [2.05, 4.69) is 20.5 Å². The van der Waals surface area contributed by atoms with Gasteiger partial charge in [-0.3, -0.25) is 4.98 Å². The van der Waals surface area contributed by atoms with Crippen molar-refractivity contribution in [2.24, 2.45) is 0 Å². The van der Waals surface area contributed by atoms with Gasteiger partial charge in [0.25, 0.3) is 10.0 Å². The first kappa shape index (κ1) is 17.5. The van der Waals surface area contributed by atoms with Crippen LogP contribution < -0.4 is 10.0 Å². The fourth-order valence-corrected chi connectivity index (χ4v) is 2.96. The van der Waals surface area contributed by atoms with Gasteiger partial charge in [-0.15, -0.1) is 10.2 Å². The molecule has 0 bridgehead atoms. The fraction of sp³-hybridized carbons (Fsp3) is 0.125. The Hall–Kier alpha value is -3.27. The van der Waals surface area contributed by atoms with Crippen LogP contribution in [0, 0.1) is 6.92 Å². The van der Waals surface area contributed by atoms with Gasteiger partial charge in [-0.2, -0.15) is 0 Å². The fourth-order valence-electron chi connectivity index (χ4n) is 2.03. The predicted molar refractivity (Wildman–Crippen MR) is 91.3 cm³/mol. The minimum absolute atomic E-state index is 0.00369. The molecule has 26 heavy (non-hydrogen) atoms. The van der Waals surface area contributed by atoms with Crippen molar-refractivity contribution in [3.8, 4) is 11.5 Å². The van der Waals surface area contributed by atoms with Crippen molar-refractivity contribution in [3.63, 3.8) is 0 Å². The average molecular weight is 373 g/mol. The van der Waals surface area contributed by atoms with E-state index in [4.69, 9.17) is 4.42 Å². The molecule has 2 N–H and O–H groups in total. The number of aromatic nitrogens is 3. The Bertz CT molecular complexity index is 1000. The van der Waals surface area contributed by atoms with Crippen LogP contribution in [0.4, 0.5) is 4.79 Å². The Balaban J connectivity index is 1.59. The van der Waals surface area contributed by atoms with Crippen LogP contribution in [0.5, 0.6) is 0 Å². The molecule has 0 aliphatic carbocycles. The lowest BCUT2D eigenvalue weighted by Crippen LogP contribution is -2.39. The largest absolute Gasteiger partial charge is 0.419 e. The van der Waals surface area contributed by atoms with E-state index in [1.165, 1.54) is 12.1 Å². The van der Waals surface area contributed by atoms with Crippen molar-refractivity contribution in [1.82, 2.24) is 25.2 Å². The zero-order valence-electron chi connectivity index (χ0n) is 13.7. The smallest absolute Gasteiger partial charge is 0.329 e. The second kappa shape index (κ2) is 7.31. The number of sulfonamides is 1. The number of amides is 2. The summed E-state index contributed by atoms with van der Waals surface area (Å²) in [5.41, 5.74) is 1.60. The molecule has 1 aromatic carbocycles. The molecule has 3 rings (SSSR count). The lowest BCUT2D eigenvalue weighted by Gasteiger charge is -2.07. The molecule has 9 nitrogen and oxygen atoms in total. The SMILES string of the molecule is Cc1ccc(S(=O)(=O)NC(=O)NCc2nnc(-c3ccncc3)o2)cc1. The van der Waals surface area contributed by atoms with Crippen molar-refractivity contribution in [2.45, 2.75) is 18.4 Å². The van der Waals surface area contributed by atoms with Crippen LogP contribution in [-0.2, 0) is 16.6 Å². The van der Waals surface area contributed by atoms with Gasteiger partial charge in [-0.05, 0) is 31.2 Å². The normalized spacial score (nSPS) is 11.1. The molecule has 3 aromatic rings. The van der Waals surface area contributed by atoms with Gasteiger partial charge < -0.3 is 9.73 Å². The summed E-state index contributed by atoms with van der Waals surface area (Å²) in [5.74, 6) is 0.414. The molecule has 0 atom stereocenters. The second-order valence-electron chi connectivity index (χ2n) is 5.34. The van der Waals surface area contributed by atoms with Crippen LogP contribution in [0.1, 0.15) is 11.5 Å². The van der Waals surface area contributed by atoms with E-state index in [0.29, 0.717) is 5.56 Å². The molecule has 2 aromatic heterocycles. The first-order valence-corrected chi connectivity index (χ1v) is 9.02. The number of rotatable bonds is 5. The molecule has 0 saturated heterocycles. The topological polar surface area (TPSA) is 127 Å². The Morgan fingerprint density at radius 2 is 1.77 bits per heavy atom. The molecule has 0 radical (unpaired) electrons. The third-order valence-corrected chi connectivity index (χ3v) is 4.70. The van der Waals surface area contributed by atoms with E-state index in [9.17, 15) is 13.2 Å². The zero-order chi connectivity index (χ0) is 18.6. The number of nitrogens with one attached hydrogen (secondary N) is 2. The molecule has 0 fully saturated rings. The van der Waals surface area contributed by atoms with Gasteiger partial charge in [-0.25, -0.2) is 17.9 Å². The zero-order valence-corrected chi connectivity index (χ0v) is 14.5. The van der Waals surface area contributed by atoms with E-state index in [1.54, 1.807) is 36.7 Å². The summed E-state index contributed by atoms with van der Waals surface area (Å²) < 4.78 is 31.6. The third-order valence-electron chi connectivity index (χ3n) is 3.35. The number of urea groups is 1. The summed E-state index contributed by atoms with van der Waals surface area (Å²) in [6.45, 7) is 1.72. The number of benzene rings is 1. The van der Waals surface area contributed by atoms with E-state index in [1.807, 2.05) is 11.6 Å². The van der Waals surface area contributed by atoms with Gasteiger partial charge in [0.15, 0.2) is 0 Å². The number of hydrogen-bond acceptors (Lipinski definition) is 7. The molecule has 0 aliphatic rings. The Morgan fingerprint density at radius 1 is 1.08 bits per heavy atom. The van der Waals surface area contributed by atoms with Gasteiger partial charge in [-0.1, -0.05) is 17.7 Å². The van der Waals surface area contributed by atoms with Crippen LogP contribution in [-0.4, -0.2) is 29.6 Å². The molecule has 2 heterocycles. The van der Waals surface area contributed by atoms with E-state index >= 15 is 0 Å². The van der Waals surface area contributed by atoms with Crippen LogP contribution in [0.15, 0.2) is 58.1 Å². The Morgan fingerprint density at radius 3 is 2.46 bits per heavy atom. The second-order valence-corrected chi connectivity index (χ2v) is 7.02. The Labute approximate surface area is 149 Å². The van der Waals surface area contributed by atoms with Crippen molar-refractivity contribution < 1.29 is 17.6 Å². The maximum Gasteiger partial charge on any atom is 0.329 e. The highest BCUT2D eigenvalue weighted by molar-refractivity contribution is 7.90. The molecular weight excluding hydrogens is 358 g/mol. The van der Waals surface area contributed by atoms with Gasteiger partial charge in [0.2, 0.25) is 11.8 Å². The molecular formula is C16H15N5O4S. The van der Waals surface area contributed by atoms with E-state index in [-0.39, 0.29) is 23.2 Å². The maximum atomic E-state index is 12.1. The molecule has 0 aliphatic heterocycles. The summed E-state index contributed by atoms with van der Waals surface area (Å²) in [5, 5.41) is 10.0. The first-order valence-electron chi connectivity index (χ1n) is 7.54. The number of hydrogen-bond donors (Lipinski definition) is 2. The van der Waals surface area contributed by atoms with Gasteiger partial charge in [0, 0.05) is 18.0 Å². The minimum atomic E-state index is -3.95. The monoisotopic (exact) mass is 373 g/mol.